The third-order valence-electron chi connectivity index (χ3n) is 5.44. The largest absolute Gasteiger partial charge is 0.433 e. The number of rotatable bonds is 10. The van der Waals surface area contributed by atoms with Crippen molar-refractivity contribution in [1.29, 1.82) is 0 Å². The van der Waals surface area contributed by atoms with E-state index in [0.29, 0.717) is 23.2 Å². The first kappa shape index (κ1) is 27.0. The molecule has 0 aliphatic carbocycles. The highest BCUT2D eigenvalue weighted by atomic mass is 32.2. The van der Waals surface area contributed by atoms with Gasteiger partial charge in [0.05, 0.1) is 27.4 Å². The van der Waals surface area contributed by atoms with Gasteiger partial charge in [-0.1, -0.05) is 24.7 Å². The minimum absolute atomic E-state index is 0.0122. The van der Waals surface area contributed by atoms with Crippen LogP contribution in [0.3, 0.4) is 0 Å². The number of hydrogen-bond donors (Lipinski definition) is 0. The Labute approximate surface area is 221 Å². The van der Waals surface area contributed by atoms with Crippen molar-refractivity contribution in [2.45, 2.75) is 24.7 Å². The molecule has 1 amide bonds. The summed E-state index contributed by atoms with van der Waals surface area (Å²) in [7, 11) is -2.24. The minimum atomic E-state index is -3.73. The van der Waals surface area contributed by atoms with Gasteiger partial charge in [0.2, 0.25) is 15.2 Å². The molecule has 198 valence electrons. The predicted molar refractivity (Wildman–Crippen MR) is 141 cm³/mol. The molecule has 0 saturated heterocycles. The molecule has 4 aromatic rings. The van der Waals surface area contributed by atoms with Gasteiger partial charge < -0.3 is 4.42 Å². The van der Waals surface area contributed by atoms with E-state index in [1.165, 1.54) is 59.9 Å². The van der Waals surface area contributed by atoms with Gasteiger partial charge >= 0.3 is 5.88 Å². The first-order valence-electron chi connectivity index (χ1n) is 11.4. The zero-order valence-electron chi connectivity index (χ0n) is 20.3. The van der Waals surface area contributed by atoms with Crippen molar-refractivity contribution < 1.29 is 26.9 Å². The standard InChI is InChI=1S/C24H22FN5O6S2/c1-3-4-13-28(2)38(34,35)19-9-5-16(6-10-19)23(31)29(26-15-18-8-12-22(36-18)30(32)33)24-27-20-11-7-17(25)14-21(20)37-24/h5-12,14-15H,3-4,13H2,1-2H3/b26-15+. The number of fused-ring (bicyclic) bond motifs is 1. The predicted octanol–water partition coefficient (Wildman–Crippen LogP) is 5.04. The molecule has 2 heterocycles. The van der Waals surface area contributed by atoms with Crippen LogP contribution in [-0.4, -0.2) is 48.3 Å². The van der Waals surface area contributed by atoms with Crippen molar-refractivity contribution in [3.05, 3.63) is 81.9 Å². The molecule has 0 saturated carbocycles. The van der Waals surface area contributed by atoms with Crippen LogP contribution in [0.25, 0.3) is 10.2 Å². The van der Waals surface area contributed by atoms with E-state index >= 15 is 0 Å². The highest BCUT2D eigenvalue weighted by Crippen LogP contribution is 2.31. The molecule has 11 nitrogen and oxygen atoms in total. The number of nitro groups is 1. The highest BCUT2D eigenvalue weighted by Gasteiger charge is 2.24. The van der Waals surface area contributed by atoms with Gasteiger partial charge in [0, 0.05) is 19.2 Å². The van der Waals surface area contributed by atoms with Crippen LogP contribution in [0.2, 0.25) is 0 Å². The number of sulfonamides is 1. The average Bonchev–Trinajstić information content (AvgIpc) is 3.54. The Kier molecular flexibility index (Phi) is 7.94. The molecule has 0 radical (unpaired) electrons. The first-order valence-corrected chi connectivity index (χ1v) is 13.6. The van der Waals surface area contributed by atoms with Crippen LogP contribution in [0.1, 0.15) is 35.9 Å². The number of halogens is 1. The number of hydrazone groups is 1. The van der Waals surface area contributed by atoms with Crippen molar-refractivity contribution in [1.82, 2.24) is 9.29 Å². The maximum Gasteiger partial charge on any atom is 0.433 e. The molecule has 2 aromatic heterocycles. The Bertz CT molecular complexity index is 1610. The lowest BCUT2D eigenvalue weighted by atomic mass is 10.2. The number of thiazole rings is 1. The minimum Gasteiger partial charge on any atom is -0.400 e. The summed E-state index contributed by atoms with van der Waals surface area (Å²) in [6.07, 6.45) is 2.66. The maximum atomic E-state index is 13.7. The van der Waals surface area contributed by atoms with Gasteiger partial charge in [-0.25, -0.2) is 22.1 Å². The lowest BCUT2D eigenvalue weighted by molar-refractivity contribution is -0.402. The number of amides is 1. The SMILES string of the molecule is CCCCN(C)S(=O)(=O)c1ccc(C(=O)N(/N=C/c2ccc([N+](=O)[O-])o2)c2nc3ccc(F)cc3s2)cc1. The number of aromatic nitrogens is 1. The van der Waals surface area contributed by atoms with E-state index in [0.717, 1.165) is 35.0 Å². The Morgan fingerprint density at radius 2 is 1.95 bits per heavy atom. The fourth-order valence-corrected chi connectivity index (χ4v) is 5.52. The summed E-state index contributed by atoms with van der Waals surface area (Å²) in [5.74, 6) is -1.62. The van der Waals surface area contributed by atoms with E-state index in [2.05, 4.69) is 10.1 Å². The van der Waals surface area contributed by atoms with Crippen molar-refractivity contribution in [3.8, 4) is 0 Å². The number of anilines is 1. The van der Waals surface area contributed by atoms with Gasteiger partial charge in [0.25, 0.3) is 5.91 Å². The van der Waals surface area contributed by atoms with E-state index in [1.54, 1.807) is 0 Å². The van der Waals surface area contributed by atoms with Crippen LogP contribution in [0, 0.1) is 15.9 Å². The molecule has 0 spiro atoms. The third-order valence-corrected chi connectivity index (χ3v) is 8.31. The Balaban J connectivity index is 1.68. The fraction of sp³-hybridized carbons (Fsp3) is 0.208. The van der Waals surface area contributed by atoms with Crippen LogP contribution >= 0.6 is 11.3 Å². The van der Waals surface area contributed by atoms with Gasteiger partial charge in [-0.3, -0.25) is 14.9 Å². The zero-order valence-corrected chi connectivity index (χ0v) is 21.9. The smallest absolute Gasteiger partial charge is 0.400 e. The Hall–Kier alpha value is -4.01. The second-order valence-corrected chi connectivity index (χ2v) is 11.2. The van der Waals surface area contributed by atoms with Crippen molar-refractivity contribution >= 4 is 54.7 Å². The zero-order chi connectivity index (χ0) is 27.4. The number of furan rings is 1. The van der Waals surface area contributed by atoms with Crippen LogP contribution in [0.4, 0.5) is 15.4 Å². The summed E-state index contributed by atoms with van der Waals surface area (Å²) in [6.45, 7) is 2.33. The van der Waals surface area contributed by atoms with Crippen LogP contribution in [0.15, 0.2) is 69.0 Å². The highest BCUT2D eigenvalue weighted by molar-refractivity contribution is 7.89. The number of carbonyl (C=O) groups excluding carboxylic acids is 1. The quantitative estimate of drug-likeness (QED) is 0.151. The number of benzene rings is 2. The number of carbonyl (C=O) groups is 1. The lowest BCUT2D eigenvalue weighted by Gasteiger charge is -2.17. The normalized spacial score (nSPS) is 12.0. The fourth-order valence-electron chi connectivity index (χ4n) is 3.36. The molecule has 0 N–H and O–H groups in total. The second-order valence-electron chi connectivity index (χ2n) is 8.11. The molecule has 38 heavy (non-hydrogen) atoms. The van der Waals surface area contributed by atoms with Crippen LogP contribution in [-0.2, 0) is 10.0 Å². The molecule has 0 aliphatic heterocycles. The molecular weight excluding hydrogens is 537 g/mol. The van der Waals surface area contributed by atoms with Crippen molar-refractivity contribution in [2.75, 3.05) is 18.6 Å². The Morgan fingerprint density at radius 1 is 1.21 bits per heavy atom. The summed E-state index contributed by atoms with van der Waals surface area (Å²) in [5, 5.41) is 16.1. The lowest BCUT2D eigenvalue weighted by Crippen LogP contribution is -2.28. The van der Waals surface area contributed by atoms with Crippen LogP contribution in [0.5, 0.6) is 0 Å². The van der Waals surface area contributed by atoms with E-state index in [4.69, 9.17) is 4.42 Å². The molecule has 0 fully saturated rings. The average molecular weight is 560 g/mol. The molecule has 0 aliphatic rings. The molecule has 14 heteroatoms. The van der Waals surface area contributed by atoms with Gasteiger partial charge in [-0.2, -0.15) is 10.1 Å². The van der Waals surface area contributed by atoms with Crippen molar-refractivity contribution in [2.24, 2.45) is 5.10 Å². The van der Waals surface area contributed by atoms with Gasteiger partial charge in [-0.15, -0.1) is 0 Å². The van der Waals surface area contributed by atoms with E-state index < -0.39 is 32.6 Å². The summed E-state index contributed by atoms with van der Waals surface area (Å²) < 4.78 is 46.2. The second kappa shape index (κ2) is 11.2. The van der Waals surface area contributed by atoms with Gasteiger partial charge in [0.1, 0.15) is 10.7 Å². The third kappa shape index (κ3) is 5.77. The summed E-state index contributed by atoms with van der Waals surface area (Å²) in [6, 6.07) is 11.8. The monoisotopic (exact) mass is 559 g/mol. The van der Waals surface area contributed by atoms with E-state index in [-0.39, 0.29) is 21.4 Å². The summed E-state index contributed by atoms with van der Waals surface area (Å²) >= 11 is 1.01. The number of nitrogens with zero attached hydrogens (tertiary/aromatic N) is 5. The molecule has 4 rings (SSSR count). The Morgan fingerprint density at radius 3 is 2.61 bits per heavy atom. The summed E-state index contributed by atoms with van der Waals surface area (Å²) in [4.78, 5) is 28.0. The van der Waals surface area contributed by atoms with Crippen LogP contribution < -0.4 is 5.01 Å². The van der Waals surface area contributed by atoms with Crippen molar-refractivity contribution in [3.63, 3.8) is 0 Å². The first-order chi connectivity index (χ1) is 18.1. The maximum absolute atomic E-state index is 13.7. The van der Waals surface area contributed by atoms with Gasteiger partial charge in [0.15, 0.2) is 5.76 Å². The summed E-state index contributed by atoms with van der Waals surface area (Å²) in [5.41, 5.74) is 0.540. The molecule has 0 unspecified atom stereocenters. The van der Waals surface area contributed by atoms with E-state index in [9.17, 15) is 27.7 Å². The molecular formula is C24H22FN5O6S2. The number of unbranched alkanes of at least 4 members (excludes halogenated alkanes) is 1. The molecule has 0 bridgehead atoms. The van der Waals surface area contributed by atoms with Gasteiger partial charge in [-0.05, 0) is 55.0 Å². The molecule has 2 aromatic carbocycles. The topological polar surface area (TPSA) is 139 Å². The number of hydrogen-bond acceptors (Lipinski definition) is 9. The molecule has 0 atom stereocenters. The van der Waals surface area contributed by atoms with E-state index in [1.807, 2.05) is 6.92 Å².